The normalized spacial score (nSPS) is 12.5. The molecule has 4 heteroatoms. The third-order valence-corrected chi connectivity index (χ3v) is 2.55. The number of carbonyl (C=O) groups excluding carboxylic acids is 1. The molecule has 0 saturated heterocycles. The Balaban J connectivity index is 2.62. The maximum atomic E-state index is 11.9. The molecular weight excluding hydrogens is 218 g/mol. The number of ether oxygens (including phenoxy) is 2. The molecule has 0 heterocycles. The highest BCUT2D eigenvalue weighted by Gasteiger charge is 2.18. The van der Waals surface area contributed by atoms with Crippen molar-refractivity contribution in [3.63, 3.8) is 0 Å². The van der Waals surface area contributed by atoms with E-state index in [1.165, 1.54) is 0 Å². The lowest BCUT2D eigenvalue weighted by Gasteiger charge is -2.22. The molecule has 17 heavy (non-hydrogen) atoms. The van der Waals surface area contributed by atoms with E-state index in [9.17, 15) is 4.79 Å². The Hall–Kier alpha value is -1.39. The zero-order valence-corrected chi connectivity index (χ0v) is 10.7. The van der Waals surface area contributed by atoms with Crippen LogP contribution >= 0.6 is 0 Å². The fourth-order valence-electron chi connectivity index (χ4n) is 1.57. The molecule has 94 valence electrons. The lowest BCUT2D eigenvalue weighted by molar-refractivity contribution is -0.117. The van der Waals surface area contributed by atoms with Crippen LogP contribution in [0.2, 0.25) is 0 Å². The summed E-state index contributed by atoms with van der Waals surface area (Å²) >= 11 is 0. The lowest BCUT2D eigenvalue weighted by Crippen LogP contribution is -2.42. The van der Waals surface area contributed by atoms with Crippen molar-refractivity contribution in [1.82, 2.24) is 5.32 Å². The van der Waals surface area contributed by atoms with Gasteiger partial charge in [0.05, 0.1) is 6.04 Å². The van der Waals surface area contributed by atoms with E-state index in [1.807, 2.05) is 26.0 Å². The van der Waals surface area contributed by atoms with Crippen molar-refractivity contribution in [3.8, 4) is 0 Å². The highest BCUT2D eigenvalue weighted by atomic mass is 16.7. The van der Waals surface area contributed by atoms with Gasteiger partial charge in [0.1, 0.15) is 0 Å². The van der Waals surface area contributed by atoms with Gasteiger partial charge in [-0.15, -0.1) is 0 Å². The predicted octanol–water partition coefficient (Wildman–Crippen LogP) is 1.73. The summed E-state index contributed by atoms with van der Waals surface area (Å²) in [5.74, 6) is -0.128. The van der Waals surface area contributed by atoms with E-state index in [-0.39, 0.29) is 11.9 Å². The van der Waals surface area contributed by atoms with Crippen molar-refractivity contribution in [2.24, 2.45) is 0 Å². The molecule has 1 atom stereocenters. The first-order chi connectivity index (χ1) is 8.08. The maximum Gasteiger partial charge on any atom is 0.251 e. The van der Waals surface area contributed by atoms with Crippen LogP contribution in [0.4, 0.5) is 0 Å². The summed E-state index contributed by atoms with van der Waals surface area (Å²) in [7, 11) is 3.09. The van der Waals surface area contributed by atoms with Crippen LogP contribution in [0.3, 0.4) is 0 Å². The fourth-order valence-corrected chi connectivity index (χ4v) is 1.57. The summed E-state index contributed by atoms with van der Waals surface area (Å²) in [6.45, 7) is 3.82. The van der Waals surface area contributed by atoms with Gasteiger partial charge >= 0.3 is 0 Å². The van der Waals surface area contributed by atoms with Crippen LogP contribution in [-0.2, 0) is 9.47 Å². The van der Waals surface area contributed by atoms with Crippen LogP contribution in [0.1, 0.15) is 22.8 Å². The molecule has 1 N–H and O–H groups in total. The molecule has 0 aliphatic rings. The van der Waals surface area contributed by atoms with E-state index in [1.54, 1.807) is 26.4 Å². The molecule has 1 aromatic rings. The zero-order chi connectivity index (χ0) is 12.8. The monoisotopic (exact) mass is 237 g/mol. The van der Waals surface area contributed by atoms with Gasteiger partial charge in [-0.1, -0.05) is 17.7 Å². The minimum Gasteiger partial charge on any atom is -0.354 e. The average molecular weight is 237 g/mol. The molecule has 1 aromatic carbocycles. The van der Waals surface area contributed by atoms with Crippen LogP contribution in [0.25, 0.3) is 0 Å². The lowest BCUT2D eigenvalue weighted by atomic mass is 10.1. The number of rotatable bonds is 5. The first kappa shape index (κ1) is 13.7. The summed E-state index contributed by atoms with van der Waals surface area (Å²) in [6.07, 6.45) is -0.440. The summed E-state index contributed by atoms with van der Waals surface area (Å²) in [5.41, 5.74) is 1.76. The molecule has 0 fully saturated rings. The van der Waals surface area contributed by atoms with Gasteiger partial charge in [-0.05, 0) is 26.0 Å². The van der Waals surface area contributed by atoms with Gasteiger partial charge < -0.3 is 14.8 Å². The van der Waals surface area contributed by atoms with Crippen LogP contribution in [0.15, 0.2) is 24.3 Å². The van der Waals surface area contributed by atoms with E-state index in [2.05, 4.69) is 5.32 Å². The van der Waals surface area contributed by atoms with Crippen molar-refractivity contribution >= 4 is 5.91 Å². The number of amides is 1. The maximum absolute atomic E-state index is 11.9. The average Bonchev–Trinajstić information content (AvgIpc) is 2.31. The molecule has 0 bridgehead atoms. The van der Waals surface area contributed by atoms with Crippen molar-refractivity contribution in [2.75, 3.05) is 14.2 Å². The number of benzene rings is 1. The van der Waals surface area contributed by atoms with E-state index >= 15 is 0 Å². The van der Waals surface area contributed by atoms with Gasteiger partial charge in [-0.3, -0.25) is 4.79 Å². The van der Waals surface area contributed by atoms with Crippen LogP contribution in [-0.4, -0.2) is 32.5 Å². The van der Waals surface area contributed by atoms with Crippen LogP contribution in [0.5, 0.6) is 0 Å². The number of carbonyl (C=O) groups is 1. The molecule has 0 aliphatic carbocycles. The molecule has 0 saturated carbocycles. The Bertz CT molecular complexity index is 357. The first-order valence-corrected chi connectivity index (χ1v) is 5.51. The molecule has 0 aliphatic heterocycles. The first-order valence-electron chi connectivity index (χ1n) is 5.51. The Morgan fingerprint density at radius 1 is 1.18 bits per heavy atom. The van der Waals surface area contributed by atoms with Gasteiger partial charge in [-0.25, -0.2) is 0 Å². The second-order valence-corrected chi connectivity index (χ2v) is 3.97. The number of hydrogen-bond acceptors (Lipinski definition) is 3. The van der Waals surface area contributed by atoms with E-state index < -0.39 is 6.29 Å². The molecule has 0 radical (unpaired) electrons. The van der Waals surface area contributed by atoms with Crippen molar-refractivity contribution in [3.05, 3.63) is 35.4 Å². The molecule has 1 unspecified atom stereocenters. The third-order valence-electron chi connectivity index (χ3n) is 2.55. The van der Waals surface area contributed by atoms with E-state index in [0.29, 0.717) is 5.56 Å². The molecule has 1 amide bonds. The molecular formula is C13H19NO3. The number of nitrogens with one attached hydrogen (secondary N) is 1. The van der Waals surface area contributed by atoms with Crippen molar-refractivity contribution < 1.29 is 14.3 Å². The van der Waals surface area contributed by atoms with Crippen molar-refractivity contribution in [1.29, 1.82) is 0 Å². The summed E-state index contributed by atoms with van der Waals surface area (Å²) < 4.78 is 10.2. The third kappa shape index (κ3) is 3.84. The Kier molecular flexibility index (Phi) is 5.12. The van der Waals surface area contributed by atoms with Crippen LogP contribution in [0, 0.1) is 6.92 Å². The van der Waals surface area contributed by atoms with E-state index in [4.69, 9.17) is 9.47 Å². The molecule has 0 aromatic heterocycles. The number of aryl methyl sites for hydroxylation is 1. The zero-order valence-electron chi connectivity index (χ0n) is 10.7. The number of methoxy groups -OCH3 is 2. The number of hydrogen-bond donors (Lipinski definition) is 1. The minimum atomic E-state index is -0.440. The van der Waals surface area contributed by atoms with Gasteiger partial charge in [0.2, 0.25) is 0 Å². The van der Waals surface area contributed by atoms with Gasteiger partial charge in [0.25, 0.3) is 5.91 Å². The Morgan fingerprint density at radius 3 is 2.18 bits per heavy atom. The van der Waals surface area contributed by atoms with Gasteiger partial charge in [0.15, 0.2) is 6.29 Å². The highest BCUT2D eigenvalue weighted by molar-refractivity contribution is 5.94. The second kappa shape index (κ2) is 6.37. The fraction of sp³-hybridized carbons (Fsp3) is 0.462. The topological polar surface area (TPSA) is 47.6 Å². The molecule has 4 nitrogen and oxygen atoms in total. The Labute approximate surface area is 102 Å². The SMILES string of the molecule is COC(OC)C(C)NC(=O)c1ccc(C)cc1. The Morgan fingerprint density at radius 2 is 1.71 bits per heavy atom. The minimum absolute atomic E-state index is 0.128. The highest BCUT2D eigenvalue weighted by Crippen LogP contribution is 2.05. The largest absolute Gasteiger partial charge is 0.354 e. The van der Waals surface area contributed by atoms with Crippen LogP contribution < -0.4 is 5.32 Å². The van der Waals surface area contributed by atoms with Gasteiger partial charge in [-0.2, -0.15) is 0 Å². The van der Waals surface area contributed by atoms with Crippen molar-refractivity contribution in [2.45, 2.75) is 26.2 Å². The molecule has 0 spiro atoms. The predicted molar refractivity (Wildman–Crippen MR) is 65.9 cm³/mol. The quantitative estimate of drug-likeness (QED) is 0.793. The summed E-state index contributed by atoms with van der Waals surface area (Å²) in [4.78, 5) is 11.9. The summed E-state index contributed by atoms with van der Waals surface area (Å²) in [6, 6.07) is 7.20. The molecule has 1 rings (SSSR count). The van der Waals surface area contributed by atoms with E-state index in [0.717, 1.165) is 5.56 Å². The van der Waals surface area contributed by atoms with Gasteiger partial charge in [0, 0.05) is 19.8 Å². The smallest absolute Gasteiger partial charge is 0.251 e. The standard InChI is InChI=1S/C13H19NO3/c1-9-5-7-11(8-6-9)12(15)14-10(2)13(16-3)17-4/h5-8,10,13H,1-4H3,(H,14,15). The summed E-state index contributed by atoms with van der Waals surface area (Å²) in [5, 5.41) is 2.83. The second-order valence-electron chi connectivity index (χ2n) is 3.97.